The van der Waals surface area contributed by atoms with Gasteiger partial charge in [0.25, 0.3) is 0 Å². The van der Waals surface area contributed by atoms with Gasteiger partial charge in [0.1, 0.15) is 0 Å². The van der Waals surface area contributed by atoms with Crippen molar-refractivity contribution in [2.75, 3.05) is 13.6 Å². The first kappa shape index (κ1) is 13.6. The van der Waals surface area contributed by atoms with Gasteiger partial charge in [-0.3, -0.25) is 9.78 Å². The average Bonchev–Trinajstić information content (AvgIpc) is 2.36. The quantitative estimate of drug-likeness (QED) is 0.811. The third-order valence-electron chi connectivity index (χ3n) is 2.82. The van der Waals surface area contributed by atoms with Crippen molar-refractivity contribution in [1.29, 1.82) is 0 Å². The van der Waals surface area contributed by atoms with Gasteiger partial charge in [-0.1, -0.05) is 13.3 Å². The summed E-state index contributed by atoms with van der Waals surface area (Å²) in [6, 6.07) is 3.84. The number of carbonyl (C=O) groups is 1. The minimum absolute atomic E-state index is 0.0492. The van der Waals surface area contributed by atoms with Crippen LogP contribution in [0, 0.1) is 5.92 Å². The van der Waals surface area contributed by atoms with Crippen LogP contribution in [-0.2, 0) is 11.3 Å². The van der Waals surface area contributed by atoms with Crippen LogP contribution < -0.4 is 5.73 Å². The number of pyridine rings is 1. The molecule has 4 nitrogen and oxygen atoms in total. The Labute approximate surface area is 103 Å². The smallest absolute Gasteiger partial charge is 0.226 e. The molecule has 0 fully saturated rings. The van der Waals surface area contributed by atoms with Crippen LogP contribution in [0.3, 0.4) is 0 Å². The second-order valence-corrected chi connectivity index (χ2v) is 4.27. The normalized spacial score (nSPS) is 12.2. The summed E-state index contributed by atoms with van der Waals surface area (Å²) in [5.41, 5.74) is 6.72. The third kappa shape index (κ3) is 4.15. The first-order valence-corrected chi connectivity index (χ1v) is 6.03. The number of hydrogen-bond acceptors (Lipinski definition) is 3. The van der Waals surface area contributed by atoms with E-state index >= 15 is 0 Å². The summed E-state index contributed by atoms with van der Waals surface area (Å²) in [7, 11) is 1.82. The molecule has 0 saturated carbocycles. The van der Waals surface area contributed by atoms with Crippen molar-refractivity contribution >= 4 is 5.91 Å². The minimum Gasteiger partial charge on any atom is -0.341 e. The Balaban J connectivity index is 2.57. The predicted octanol–water partition coefficient (Wildman–Crippen LogP) is 1.41. The highest BCUT2D eigenvalue weighted by atomic mass is 16.2. The summed E-state index contributed by atoms with van der Waals surface area (Å²) in [5.74, 6) is 0.0815. The van der Waals surface area contributed by atoms with Gasteiger partial charge in [0.2, 0.25) is 5.91 Å². The van der Waals surface area contributed by atoms with Gasteiger partial charge in [-0.05, 0) is 24.1 Å². The van der Waals surface area contributed by atoms with E-state index in [0.717, 1.165) is 18.4 Å². The fourth-order valence-corrected chi connectivity index (χ4v) is 1.84. The van der Waals surface area contributed by atoms with E-state index in [-0.39, 0.29) is 11.8 Å². The highest BCUT2D eigenvalue weighted by Crippen LogP contribution is 2.10. The zero-order chi connectivity index (χ0) is 12.7. The standard InChI is InChI=1S/C13H21N3O/c1-3-4-12(9-14)13(17)16(2)10-11-5-7-15-8-6-11/h5-8,12H,3-4,9-10,14H2,1-2H3. The van der Waals surface area contributed by atoms with Crippen molar-refractivity contribution in [2.24, 2.45) is 11.7 Å². The molecule has 94 valence electrons. The lowest BCUT2D eigenvalue weighted by atomic mass is 10.0. The van der Waals surface area contributed by atoms with Crippen LogP contribution in [0.2, 0.25) is 0 Å². The summed E-state index contributed by atoms with van der Waals surface area (Å²) in [6.07, 6.45) is 5.31. The van der Waals surface area contributed by atoms with E-state index in [1.165, 1.54) is 0 Å². The summed E-state index contributed by atoms with van der Waals surface area (Å²) < 4.78 is 0. The molecule has 1 heterocycles. The molecule has 2 N–H and O–H groups in total. The first-order chi connectivity index (χ1) is 8.19. The Hall–Kier alpha value is -1.42. The molecule has 1 atom stereocenters. The second kappa shape index (κ2) is 7.01. The molecule has 0 spiro atoms. The molecule has 0 aromatic carbocycles. The molecular weight excluding hydrogens is 214 g/mol. The molecule has 17 heavy (non-hydrogen) atoms. The molecule has 0 aliphatic rings. The SMILES string of the molecule is CCCC(CN)C(=O)N(C)Cc1ccncc1. The molecule has 0 radical (unpaired) electrons. The van der Waals surface area contributed by atoms with Crippen LogP contribution in [0.1, 0.15) is 25.3 Å². The molecule has 0 aliphatic heterocycles. The van der Waals surface area contributed by atoms with Gasteiger partial charge in [0.15, 0.2) is 0 Å². The highest BCUT2D eigenvalue weighted by molar-refractivity contribution is 5.78. The number of rotatable bonds is 6. The van der Waals surface area contributed by atoms with Crippen molar-refractivity contribution in [2.45, 2.75) is 26.3 Å². The Kier molecular flexibility index (Phi) is 5.63. The van der Waals surface area contributed by atoms with Gasteiger partial charge in [-0.15, -0.1) is 0 Å². The summed E-state index contributed by atoms with van der Waals surface area (Å²) in [5, 5.41) is 0. The van der Waals surface area contributed by atoms with E-state index in [2.05, 4.69) is 11.9 Å². The van der Waals surface area contributed by atoms with E-state index in [4.69, 9.17) is 5.73 Å². The Bertz CT molecular complexity index is 340. The fraction of sp³-hybridized carbons (Fsp3) is 0.538. The van der Waals surface area contributed by atoms with Crippen LogP contribution in [0.5, 0.6) is 0 Å². The molecule has 0 bridgehead atoms. The lowest BCUT2D eigenvalue weighted by molar-refractivity contribution is -0.134. The maximum atomic E-state index is 12.1. The van der Waals surface area contributed by atoms with Crippen molar-refractivity contribution in [3.63, 3.8) is 0 Å². The number of carbonyl (C=O) groups excluding carboxylic acids is 1. The average molecular weight is 235 g/mol. The largest absolute Gasteiger partial charge is 0.341 e. The number of amides is 1. The molecule has 1 aromatic heterocycles. The monoisotopic (exact) mass is 235 g/mol. The van der Waals surface area contributed by atoms with Gasteiger partial charge in [-0.2, -0.15) is 0 Å². The maximum Gasteiger partial charge on any atom is 0.226 e. The van der Waals surface area contributed by atoms with Gasteiger partial charge in [0.05, 0.1) is 5.92 Å². The van der Waals surface area contributed by atoms with Crippen LogP contribution in [-0.4, -0.2) is 29.4 Å². The fourth-order valence-electron chi connectivity index (χ4n) is 1.84. The van der Waals surface area contributed by atoms with Crippen LogP contribution in [0.15, 0.2) is 24.5 Å². The van der Waals surface area contributed by atoms with E-state index in [1.54, 1.807) is 17.3 Å². The predicted molar refractivity (Wildman–Crippen MR) is 68.2 cm³/mol. The van der Waals surface area contributed by atoms with Crippen LogP contribution in [0.25, 0.3) is 0 Å². The van der Waals surface area contributed by atoms with E-state index in [1.807, 2.05) is 19.2 Å². The third-order valence-corrected chi connectivity index (χ3v) is 2.82. The minimum atomic E-state index is -0.0492. The Morgan fingerprint density at radius 1 is 1.47 bits per heavy atom. The number of nitrogens with zero attached hydrogens (tertiary/aromatic N) is 2. The van der Waals surface area contributed by atoms with Gasteiger partial charge < -0.3 is 10.6 Å². The molecule has 4 heteroatoms. The molecular formula is C13H21N3O. The van der Waals surface area contributed by atoms with Crippen LogP contribution >= 0.6 is 0 Å². The van der Waals surface area contributed by atoms with E-state index in [9.17, 15) is 4.79 Å². The molecule has 0 saturated heterocycles. The van der Waals surface area contributed by atoms with Crippen molar-refractivity contribution in [1.82, 2.24) is 9.88 Å². The molecule has 1 aromatic rings. The summed E-state index contributed by atoms with van der Waals surface area (Å²) in [6.45, 7) is 3.10. The maximum absolute atomic E-state index is 12.1. The molecule has 1 rings (SSSR count). The lowest BCUT2D eigenvalue weighted by Gasteiger charge is -2.22. The second-order valence-electron chi connectivity index (χ2n) is 4.27. The van der Waals surface area contributed by atoms with Gasteiger partial charge in [0, 0.05) is 32.5 Å². The van der Waals surface area contributed by atoms with Gasteiger partial charge in [-0.25, -0.2) is 0 Å². The van der Waals surface area contributed by atoms with Crippen molar-refractivity contribution < 1.29 is 4.79 Å². The Morgan fingerprint density at radius 3 is 2.65 bits per heavy atom. The van der Waals surface area contributed by atoms with E-state index < -0.39 is 0 Å². The number of hydrogen-bond donors (Lipinski definition) is 1. The van der Waals surface area contributed by atoms with Gasteiger partial charge >= 0.3 is 0 Å². The summed E-state index contributed by atoms with van der Waals surface area (Å²) >= 11 is 0. The zero-order valence-electron chi connectivity index (χ0n) is 10.6. The number of nitrogens with two attached hydrogens (primary N) is 1. The molecule has 1 unspecified atom stereocenters. The Morgan fingerprint density at radius 2 is 2.12 bits per heavy atom. The molecule has 1 amide bonds. The topological polar surface area (TPSA) is 59.2 Å². The summed E-state index contributed by atoms with van der Waals surface area (Å²) in [4.78, 5) is 17.8. The first-order valence-electron chi connectivity index (χ1n) is 6.03. The van der Waals surface area contributed by atoms with Crippen molar-refractivity contribution in [3.05, 3.63) is 30.1 Å². The lowest BCUT2D eigenvalue weighted by Crippen LogP contribution is -2.36. The highest BCUT2D eigenvalue weighted by Gasteiger charge is 2.19. The van der Waals surface area contributed by atoms with E-state index in [0.29, 0.717) is 13.1 Å². The van der Waals surface area contributed by atoms with Crippen LogP contribution in [0.4, 0.5) is 0 Å². The molecule has 0 aliphatic carbocycles. The number of aromatic nitrogens is 1. The van der Waals surface area contributed by atoms with Crippen molar-refractivity contribution in [3.8, 4) is 0 Å². The zero-order valence-corrected chi connectivity index (χ0v) is 10.6.